The first-order chi connectivity index (χ1) is 9.33. The number of fused-ring (bicyclic) bond motifs is 1. The molecule has 2 heterocycles. The van der Waals surface area contributed by atoms with Gasteiger partial charge in [0.1, 0.15) is 6.10 Å². The van der Waals surface area contributed by atoms with Crippen LogP contribution in [0.2, 0.25) is 0 Å². The van der Waals surface area contributed by atoms with Gasteiger partial charge in [0.25, 0.3) is 0 Å². The summed E-state index contributed by atoms with van der Waals surface area (Å²) in [5.41, 5.74) is 2.62. The molecule has 0 spiro atoms. The molecule has 4 heteroatoms. The number of amides is 1. The van der Waals surface area contributed by atoms with Gasteiger partial charge in [-0.05, 0) is 48.6 Å². The number of hydrogen-bond donors (Lipinski definition) is 1. The Bertz CT molecular complexity index is 469. The molecular weight excluding hydrogens is 258 g/mol. The number of rotatable bonds is 3. The van der Waals surface area contributed by atoms with Crippen molar-refractivity contribution in [1.82, 2.24) is 5.32 Å². The van der Waals surface area contributed by atoms with Crippen LogP contribution in [0.3, 0.4) is 0 Å². The normalized spacial score (nSPS) is 22.0. The van der Waals surface area contributed by atoms with Gasteiger partial charge in [0.05, 0.1) is 0 Å². The molecule has 102 valence electrons. The maximum Gasteiger partial charge on any atom is 0.249 e. The molecular formula is C15H19NO2S. The van der Waals surface area contributed by atoms with Gasteiger partial charge in [0.2, 0.25) is 5.91 Å². The summed E-state index contributed by atoms with van der Waals surface area (Å²) in [6.45, 7) is 1.32. The van der Waals surface area contributed by atoms with Gasteiger partial charge in [-0.2, -0.15) is 0 Å². The van der Waals surface area contributed by atoms with E-state index >= 15 is 0 Å². The summed E-state index contributed by atoms with van der Waals surface area (Å²) < 4.78 is 5.38. The smallest absolute Gasteiger partial charge is 0.249 e. The SMILES string of the molecule is O=C(NCc1ccc2c(c1)CCCS2)C1CCCO1. The predicted molar refractivity (Wildman–Crippen MR) is 76.3 cm³/mol. The first-order valence-corrected chi connectivity index (χ1v) is 7.95. The van der Waals surface area contributed by atoms with Gasteiger partial charge in [0, 0.05) is 18.0 Å². The lowest BCUT2D eigenvalue weighted by atomic mass is 10.1. The first kappa shape index (κ1) is 13.0. The Morgan fingerprint density at radius 3 is 3.21 bits per heavy atom. The van der Waals surface area contributed by atoms with E-state index in [1.54, 1.807) is 0 Å². The number of benzene rings is 1. The van der Waals surface area contributed by atoms with E-state index in [1.165, 1.54) is 28.2 Å². The number of carbonyl (C=O) groups excluding carboxylic acids is 1. The number of nitrogens with one attached hydrogen (secondary N) is 1. The van der Waals surface area contributed by atoms with Crippen molar-refractivity contribution < 1.29 is 9.53 Å². The molecule has 0 aliphatic carbocycles. The van der Waals surface area contributed by atoms with E-state index in [2.05, 4.69) is 23.5 Å². The van der Waals surface area contributed by atoms with Crippen molar-refractivity contribution in [1.29, 1.82) is 0 Å². The Hall–Kier alpha value is -1.00. The highest BCUT2D eigenvalue weighted by atomic mass is 32.2. The zero-order valence-electron chi connectivity index (χ0n) is 11.0. The lowest BCUT2D eigenvalue weighted by Crippen LogP contribution is -2.33. The third-order valence-electron chi connectivity index (χ3n) is 3.66. The van der Waals surface area contributed by atoms with Gasteiger partial charge >= 0.3 is 0 Å². The summed E-state index contributed by atoms with van der Waals surface area (Å²) in [5, 5.41) is 2.98. The Kier molecular flexibility index (Phi) is 4.09. The van der Waals surface area contributed by atoms with Crippen molar-refractivity contribution in [3.63, 3.8) is 0 Å². The predicted octanol–water partition coefficient (Wildman–Crippen LogP) is 2.52. The molecule has 3 rings (SSSR count). The third kappa shape index (κ3) is 3.12. The van der Waals surface area contributed by atoms with Crippen LogP contribution >= 0.6 is 11.8 Å². The largest absolute Gasteiger partial charge is 0.368 e. The van der Waals surface area contributed by atoms with Crippen LogP contribution in [0.15, 0.2) is 23.1 Å². The average molecular weight is 277 g/mol. The standard InChI is InChI=1S/C15H19NO2S/c17-15(13-4-1-7-18-13)16-10-11-5-6-14-12(9-11)3-2-8-19-14/h5-6,9,13H,1-4,7-8,10H2,(H,16,17). The molecule has 0 radical (unpaired) electrons. The summed E-state index contributed by atoms with van der Waals surface area (Å²) in [6, 6.07) is 6.54. The topological polar surface area (TPSA) is 38.3 Å². The van der Waals surface area contributed by atoms with Crippen LogP contribution in [-0.2, 0) is 22.5 Å². The molecule has 1 fully saturated rings. The summed E-state index contributed by atoms with van der Waals surface area (Å²) in [7, 11) is 0. The van der Waals surface area contributed by atoms with Crippen molar-refractivity contribution in [3.05, 3.63) is 29.3 Å². The molecule has 0 saturated carbocycles. The molecule has 0 bridgehead atoms. The van der Waals surface area contributed by atoms with Crippen LogP contribution in [-0.4, -0.2) is 24.4 Å². The second-order valence-corrected chi connectivity index (χ2v) is 6.25. The van der Waals surface area contributed by atoms with E-state index in [9.17, 15) is 4.79 Å². The van der Waals surface area contributed by atoms with E-state index in [0.717, 1.165) is 19.3 Å². The van der Waals surface area contributed by atoms with Crippen molar-refractivity contribution in [2.45, 2.75) is 43.2 Å². The van der Waals surface area contributed by atoms with Gasteiger partial charge in [-0.15, -0.1) is 11.8 Å². The average Bonchev–Trinajstić information content (AvgIpc) is 2.99. The van der Waals surface area contributed by atoms with Gasteiger partial charge in [-0.3, -0.25) is 4.79 Å². The molecule has 1 saturated heterocycles. The molecule has 2 aliphatic rings. The quantitative estimate of drug-likeness (QED) is 0.922. The fraction of sp³-hybridized carbons (Fsp3) is 0.533. The molecule has 1 N–H and O–H groups in total. The highest BCUT2D eigenvalue weighted by molar-refractivity contribution is 7.99. The van der Waals surface area contributed by atoms with Crippen molar-refractivity contribution in [2.75, 3.05) is 12.4 Å². The Morgan fingerprint density at radius 1 is 1.42 bits per heavy atom. The molecule has 1 aromatic rings. The fourth-order valence-corrected chi connectivity index (χ4v) is 3.63. The van der Waals surface area contributed by atoms with Crippen LogP contribution in [0.25, 0.3) is 0 Å². The number of ether oxygens (including phenoxy) is 1. The minimum Gasteiger partial charge on any atom is -0.368 e. The minimum atomic E-state index is -0.229. The molecule has 1 amide bonds. The fourth-order valence-electron chi connectivity index (χ4n) is 2.61. The molecule has 2 aliphatic heterocycles. The van der Waals surface area contributed by atoms with Gasteiger partial charge in [0.15, 0.2) is 0 Å². The van der Waals surface area contributed by atoms with Crippen molar-refractivity contribution in [2.24, 2.45) is 0 Å². The summed E-state index contributed by atoms with van der Waals surface area (Å²) in [4.78, 5) is 13.3. The minimum absolute atomic E-state index is 0.0320. The summed E-state index contributed by atoms with van der Waals surface area (Å²) in [6.07, 6.45) is 4.04. The van der Waals surface area contributed by atoms with Gasteiger partial charge in [-0.1, -0.05) is 12.1 Å². The second-order valence-electron chi connectivity index (χ2n) is 5.11. The van der Waals surface area contributed by atoms with E-state index in [4.69, 9.17) is 4.74 Å². The maximum absolute atomic E-state index is 11.9. The van der Waals surface area contributed by atoms with Crippen LogP contribution < -0.4 is 5.32 Å². The highest BCUT2D eigenvalue weighted by Crippen LogP contribution is 2.30. The van der Waals surface area contributed by atoms with Crippen LogP contribution in [0.4, 0.5) is 0 Å². The van der Waals surface area contributed by atoms with Gasteiger partial charge < -0.3 is 10.1 Å². The van der Waals surface area contributed by atoms with Crippen LogP contribution in [0.1, 0.15) is 30.4 Å². The molecule has 19 heavy (non-hydrogen) atoms. The molecule has 0 aromatic heterocycles. The monoisotopic (exact) mass is 277 g/mol. The van der Waals surface area contributed by atoms with E-state index in [-0.39, 0.29) is 12.0 Å². The van der Waals surface area contributed by atoms with E-state index in [0.29, 0.717) is 13.2 Å². The summed E-state index contributed by atoms with van der Waals surface area (Å²) in [5.74, 6) is 1.26. The van der Waals surface area contributed by atoms with E-state index in [1.807, 2.05) is 11.8 Å². The van der Waals surface area contributed by atoms with Gasteiger partial charge in [-0.25, -0.2) is 0 Å². The first-order valence-electron chi connectivity index (χ1n) is 6.97. The highest BCUT2D eigenvalue weighted by Gasteiger charge is 2.23. The lowest BCUT2D eigenvalue weighted by Gasteiger charge is -2.16. The Labute approximate surface area is 118 Å². The van der Waals surface area contributed by atoms with Crippen molar-refractivity contribution in [3.8, 4) is 0 Å². The number of thioether (sulfide) groups is 1. The molecule has 1 unspecified atom stereocenters. The van der Waals surface area contributed by atoms with Crippen molar-refractivity contribution >= 4 is 17.7 Å². The second kappa shape index (κ2) is 5.97. The van der Waals surface area contributed by atoms with E-state index < -0.39 is 0 Å². The molecule has 1 atom stereocenters. The summed E-state index contributed by atoms with van der Waals surface area (Å²) >= 11 is 1.93. The number of carbonyl (C=O) groups is 1. The zero-order chi connectivity index (χ0) is 13.1. The molecule has 1 aromatic carbocycles. The van der Waals surface area contributed by atoms with Crippen LogP contribution in [0, 0.1) is 0 Å². The lowest BCUT2D eigenvalue weighted by molar-refractivity contribution is -0.130. The Morgan fingerprint density at radius 2 is 2.37 bits per heavy atom. The number of aryl methyl sites for hydroxylation is 1. The molecule has 3 nitrogen and oxygen atoms in total. The third-order valence-corrected chi connectivity index (χ3v) is 4.86. The number of hydrogen-bond acceptors (Lipinski definition) is 3. The Balaban J connectivity index is 1.59. The van der Waals surface area contributed by atoms with Crippen LogP contribution in [0.5, 0.6) is 0 Å². The maximum atomic E-state index is 11.9. The zero-order valence-corrected chi connectivity index (χ0v) is 11.8.